The van der Waals surface area contributed by atoms with Crippen molar-refractivity contribution in [3.8, 4) is 5.88 Å². The molecular weight excluding hydrogens is 450 g/mol. The number of carboxylic acid groups (broad SMARTS) is 1. The summed E-state index contributed by atoms with van der Waals surface area (Å²) in [6, 6.07) is 5.52. The van der Waals surface area contributed by atoms with Crippen molar-refractivity contribution < 1.29 is 14.6 Å². The minimum atomic E-state index is -1.43. The van der Waals surface area contributed by atoms with E-state index in [0.717, 1.165) is 62.8 Å². The fourth-order valence-electron chi connectivity index (χ4n) is 4.91. The highest BCUT2D eigenvalue weighted by atomic mass is 16.7. The van der Waals surface area contributed by atoms with Gasteiger partial charge in [-0.05, 0) is 37.5 Å². The third kappa shape index (κ3) is 4.76. The summed E-state index contributed by atoms with van der Waals surface area (Å²) in [4.78, 5) is 40.0. The Hall–Kier alpha value is -3.73. The molecule has 4 heterocycles. The van der Waals surface area contributed by atoms with E-state index in [0.29, 0.717) is 23.6 Å². The SMILES string of the molecule is CCc1cc2cnc(Nc3ccc(N4CCNCC4)c(OC(=O)O)n3)nc2n(C2CCCC2)c1=O. The molecule has 1 saturated carbocycles. The summed E-state index contributed by atoms with van der Waals surface area (Å²) in [6.07, 6.45) is 5.04. The van der Waals surface area contributed by atoms with Gasteiger partial charge in [0, 0.05) is 49.4 Å². The molecule has 0 atom stereocenters. The number of hydrogen-bond donors (Lipinski definition) is 3. The van der Waals surface area contributed by atoms with Gasteiger partial charge < -0.3 is 25.4 Å². The Kier molecular flexibility index (Phi) is 6.49. The summed E-state index contributed by atoms with van der Waals surface area (Å²) >= 11 is 0. The number of nitrogens with zero attached hydrogens (tertiary/aromatic N) is 5. The lowest BCUT2D eigenvalue weighted by Gasteiger charge is -2.30. The van der Waals surface area contributed by atoms with Crippen LogP contribution in [-0.2, 0) is 6.42 Å². The molecule has 0 amide bonds. The van der Waals surface area contributed by atoms with Crippen LogP contribution >= 0.6 is 0 Å². The van der Waals surface area contributed by atoms with Gasteiger partial charge in [-0.3, -0.25) is 9.36 Å². The Morgan fingerprint density at radius 2 is 2.00 bits per heavy atom. The Labute approximate surface area is 202 Å². The summed E-state index contributed by atoms with van der Waals surface area (Å²) in [6.45, 7) is 5.00. The number of hydrogen-bond acceptors (Lipinski definition) is 9. The Morgan fingerprint density at radius 3 is 2.71 bits per heavy atom. The molecular formula is C24H29N7O4. The molecule has 1 saturated heterocycles. The van der Waals surface area contributed by atoms with Crippen molar-refractivity contribution in [2.24, 2.45) is 0 Å². The molecule has 3 N–H and O–H groups in total. The number of carbonyl (C=O) groups is 1. The van der Waals surface area contributed by atoms with E-state index in [1.807, 2.05) is 22.5 Å². The van der Waals surface area contributed by atoms with E-state index in [2.05, 4.69) is 25.6 Å². The zero-order valence-electron chi connectivity index (χ0n) is 19.7. The van der Waals surface area contributed by atoms with E-state index >= 15 is 0 Å². The van der Waals surface area contributed by atoms with Crippen LogP contribution in [0.1, 0.15) is 44.2 Å². The molecule has 1 aliphatic carbocycles. The van der Waals surface area contributed by atoms with Gasteiger partial charge in [-0.15, -0.1) is 0 Å². The number of fused-ring (bicyclic) bond motifs is 1. The summed E-state index contributed by atoms with van der Waals surface area (Å²) < 4.78 is 6.82. The number of ether oxygens (including phenoxy) is 1. The normalized spacial score (nSPS) is 16.5. The first kappa shape index (κ1) is 23.0. The minimum absolute atomic E-state index is 0.000593. The van der Waals surface area contributed by atoms with Crippen LogP contribution in [0.5, 0.6) is 5.88 Å². The van der Waals surface area contributed by atoms with Crippen molar-refractivity contribution in [1.29, 1.82) is 0 Å². The highest BCUT2D eigenvalue weighted by molar-refractivity contribution is 5.77. The number of aryl methyl sites for hydroxylation is 1. The number of rotatable bonds is 6. The summed E-state index contributed by atoms with van der Waals surface area (Å²) in [5.74, 6) is 0.622. The predicted molar refractivity (Wildman–Crippen MR) is 132 cm³/mol. The Morgan fingerprint density at radius 1 is 1.23 bits per heavy atom. The predicted octanol–water partition coefficient (Wildman–Crippen LogP) is 3.07. The van der Waals surface area contributed by atoms with Crippen molar-refractivity contribution in [2.45, 2.75) is 45.1 Å². The van der Waals surface area contributed by atoms with Gasteiger partial charge in [0.1, 0.15) is 17.2 Å². The molecule has 0 aromatic carbocycles. The average molecular weight is 480 g/mol. The summed E-state index contributed by atoms with van der Waals surface area (Å²) in [5.41, 5.74) is 1.97. The summed E-state index contributed by atoms with van der Waals surface area (Å²) in [7, 11) is 0. The lowest BCUT2D eigenvalue weighted by molar-refractivity contribution is 0.142. The molecule has 0 unspecified atom stereocenters. The maximum absolute atomic E-state index is 13.2. The van der Waals surface area contributed by atoms with Gasteiger partial charge in [-0.25, -0.2) is 9.78 Å². The van der Waals surface area contributed by atoms with Crippen molar-refractivity contribution in [1.82, 2.24) is 24.8 Å². The zero-order valence-corrected chi connectivity index (χ0v) is 19.7. The van der Waals surface area contributed by atoms with Crippen molar-refractivity contribution in [3.05, 3.63) is 40.3 Å². The smallest absolute Gasteiger partial charge is 0.449 e. The molecule has 3 aromatic heterocycles. The molecule has 5 rings (SSSR count). The largest absolute Gasteiger partial charge is 0.512 e. The molecule has 184 valence electrons. The number of pyridine rings is 2. The van der Waals surface area contributed by atoms with Crippen molar-refractivity contribution in [2.75, 3.05) is 36.4 Å². The fourth-order valence-corrected chi connectivity index (χ4v) is 4.91. The average Bonchev–Trinajstić information content (AvgIpc) is 3.38. The van der Waals surface area contributed by atoms with Crippen LogP contribution < -0.4 is 25.8 Å². The highest BCUT2D eigenvalue weighted by Gasteiger charge is 2.23. The second-order valence-electron chi connectivity index (χ2n) is 8.86. The quantitative estimate of drug-likeness (QED) is 0.453. The van der Waals surface area contributed by atoms with E-state index in [1.165, 1.54) is 0 Å². The van der Waals surface area contributed by atoms with Crippen LogP contribution in [0.15, 0.2) is 29.2 Å². The van der Waals surface area contributed by atoms with Crippen LogP contribution in [0.25, 0.3) is 11.0 Å². The van der Waals surface area contributed by atoms with Gasteiger partial charge in [0.05, 0.1) is 0 Å². The Balaban J connectivity index is 1.50. The lowest BCUT2D eigenvalue weighted by atomic mass is 10.1. The maximum atomic E-state index is 13.2. The first-order valence-corrected chi connectivity index (χ1v) is 12.1. The fraction of sp³-hybridized carbons (Fsp3) is 0.458. The minimum Gasteiger partial charge on any atom is -0.449 e. The van der Waals surface area contributed by atoms with Crippen molar-refractivity contribution in [3.63, 3.8) is 0 Å². The first-order chi connectivity index (χ1) is 17.0. The van der Waals surface area contributed by atoms with Crippen LogP contribution in [-0.4, -0.2) is 57.0 Å². The first-order valence-electron chi connectivity index (χ1n) is 12.1. The molecule has 35 heavy (non-hydrogen) atoms. The second kappa shape index (κ2) is 9.87. The molecule has 0 bridgehead atoms. The number of nitrogens with one attached hydrogen (secondary N) is 2. The van der Waals surface area contributed by atoms with Crippen LogP contribution in [0.3, 0.4) is 0 Å². The number of aromatic nitrogens is 4. The monoisotopic (exact) mass is 479 g/mol. The third-order valence-corrected chi connectivity index (χ3v) is 6.64. The highest BCUT2D eigenvalue weighted by Crippen LogP contribution is 2.32. The van der Waals surface area contributed by atoms with Gasteiger partial charge in [0.2, 0.25) is 5.95 Å². The molecule has 1 aliphatic heterocycles. The van der Waals surface area contributed by atoms with Crippen LogP contribution in [0.4, 0.5) is 22.2 Å². The molecule has 11 heteroatoms. The van der Waals surface area contributed by atoms with Gasteiger partial charge >= 0.3 is 6.16 Å². The van der Waals surface area contributed by atoms with E-state index in [-0.39, 0.29) is 23.4 Å². The lowest BCUT2D eigenvalue weighted by Crippen LogP contribution is -2.43. The third-order valence-electron chi connectivity index (χ3n) is 6.64. The molecule has 2 fully saturated rings. The molecule has 0 radical (unpaired) electrons. The molecule has 0 spiro atoms. The molecule has 3 aromatic rings. The van der Waals surface area contributed by atoms with Gasteiger partial charge in [-0.2, -0.15) is 9.97 Å². The van der Waals surface area contributed by atoms with Gasteiger partial charge in [0.15, 0.2) is 0 Å². The maximum Gasteiger partial charge on any atom is 0.512 e. The van der Waals surface area contributed by atoms with Gasteiger partial charge in [-0.1, -0.05) is 19.8 Å². The number of piperazine rings is 1. The van der Waals surface area contributed by atoms with E-state index in [9.17, 15) is 14.7 Å². The van der Waals surface area contributed by atoms with E-state index in [4.69, 9.17) is 4.74 Å². The van der Waals surface area contributed by atoms with E-state index < -0.39 is 6.16 Å². The molecule has 2 aliphatic rings. The second-order valence-corrected chi connectivity index (χ2v) is 8.86. The molecule has 11 nitrogen and oxygen atoms in total. The standard InChI is InChI=1S/C24H29N7O4/c1-2-15-13-16-14-26-23(29-20(16)31(22(15)32)17-5-3-4-6-17)28-19-8-7-18(21(27-19)35-24(33)34)30-11-9-25-10-12-30/h7-8,13-14,17,25H,2-6,9-12H2,1H3,(H,33,34)(H,26,27,28,29). The van der Waals surface area contributed by atoms with E-state index in [1.54, 1.807) is 18.3 Å². The Bertz CT molecular complexity index is 1300. The van der Waals surface area contributed by atoms with Crippen LogP contribution in [0.2, 0.25) is 0 Å². The zero-order chi connectivity index (χ0) is 24.4. The van der Waals surface area contributed by atoms with Crippen LogP contribution in [0, 0.1) is 0 Å². The number of anilines is 3. The summed E-state index contributed by atoms with van der Waals surface area (Å²) in [5, 5.41) is 16.4. The van der Waals surface area contributed by atoms with Crippen molar-refractivity contribution >= 4 is 34.6 Å². The topological polar surface area (TPSA) is 134 Å². The van der Waals surface area contributed by atoms with Gasteiger partial charge in [0.25, 0.3) is 11.4 Å².